The largest absolute Gasteiger partial charge is 0.481 e. The van der Waals surface area contributed by atoms with Gasteiger partial charge >= 0.3 is 5.97 Å². The van der Waals surface area contributed by atoms with E-state index in [1.165, 1.54) is 6.33 Å². The van der Waals surface area contributed by atoms with Crippen LogP contribution in [0.1, 0.15) is 81.8 Å². The third-order valence-corrected chi connectivity index (χ3v) is 16.9. The SMILES string of the molecule is C[C@]12C=CC(=O)C=C1CC[C@@H]1[C@@H]2[C@@H](O)C[C@@]2(C)[C@H]1C[C@H]1O[C@@H](c3ccc(CC4CC5(CO4)CN(C(=O)[C@H](CCC(=O)O)NC(=O)CNC(=O)Cc4ccc(-c6nncnn6)cc4)C5)cc3)O[C@]12C(=O)CO. The molecule has 10 rings (SSSR count). The number of carboxylic acid groups (broad SMARTS) is 1. The number of hydrogen-bond acceptors (Lipinski definition) is 15. The van der Waals surface area contributed by atoms with Gasteiger partial charge in [-0.15, -0.1) is 20.4 Å². The molecule has 71 heavy (non-hydrogen) atoms. The number of nitrogens with one attached hydrogen (secondary N) is 2. The van der Waals surface area contributed by atoms with E-state index in [1.54, 1.807) is 41.3 Å². The number of benzene rings is 2. The third kappa shape index (κ3) is 8.78. The molecule has 1 aromatic heterocycles. The number of ketones is 2. The summed E-state index contributed by atoms with van der Waals surface area (Å²) in [5, 5.41) is 52.2. The molecule has 1 unspecified atom stereocenters. The number of Topliss-reactive ketones (excluding diaryl/α,β-unsaturated/α-hetero) is 1. The Hall–Kier alpha value is -6.12. The van der Waals surface area contributed by atoms with E-state index in [9.17, 15) is 44.1 Å². The number of rotatable bonds is 15. The van der Waals surface area contributed by atoms with Gasteiger partial charge < -0.3 is 45.1 Å². The Morgan fingerprint density at radius 3 is 2.41 bits per heavy atom. The van der Waals surface area contributed by atoms with Gasteiger partial charge in [0.2, 0.25) is 23.5 Å². The van der Waals surface area contributed by atoms with Gasteiger partial charge in [-0.25, -0.2) is 0 Å². The smallest absolute Gasteiger partial charge is 0.303 e. The first kappa shape index (κ1) is 48.5. The molecular weight excluding hydrogens is 915 g/mol. The molecule has 19 nitrogen and oxygen atoms in total. The number of amides is 3. The maximum absolute atomic E-state index is 14.0. The van der Waals surface area contributed by atoms with Crippen LogP contribution < -0.4 is 10.6 Å². The standard InChI is InChI=1S/C52H59N7O12/c1-49-16-15-34(61)19-33(49)11-12-36-37-20-41-52(40(63)24-60,50(37,2)22-39(62)45(36)49)71-48(70-41)32-9-5-29(6-10-32)17-35-21-51(27-69-35)25-59(26-51)47(68)38(13-14-44(66)67)56-43(65)23-53-42(64)18-30-3-7-31(8-4-30)46-57-54-28-55-58-46/h3-10,15-16,19,28,35-39,41,45,48,60,62H,11-14,17-18,20-27H2,1-2H3,(H,53,64)(H,56,65)(H,66,67)/t35?,36-,37-,38-,39-,41+,45+,48+,49-,50-,52+/m0/s1. The molecule has 6 fully saturated rings. The topological polar surface area (TPSA) is 270 Å². The highest BCUT2D eigenvalue weighted by Crippen LogP contribution is 2.70. The molecule has 11 atom stereocenters. The Morgan fingerprint density at radius 1 is 0.958 bits per heavy atom. The van der Waals surface area contributed by atoms with E-state index in [4.69, 9.17) is 14.2 Å². The van der Waals surface area contributed by atoms with Crippen molar-refractivity contribution in [3.05, 3.63) is 95.3 Å². The van der Waals surface area contributed by atoms with Gasteiger partial charge in [-0.3, -0.25) is 28.8 Å². The molecule has 374 valence electrons. The van der Waals surface area contributed by atoms with Crippen LogP contribution in [0.15, 0.2) is 78.7 Å². The van der Waals surface area contributed by atoms with Gasteiger partial charge in [0.05, 0.1) is 37.9 Å². The number of likely N-dealkylation sites (tertiary alicyclic amines) is 1. The number of allylic oxidation sites excluding steroid dienone is 4. The first-order chi connectivity index (χ1) is 34.0. The monoisotopic (exact) mass is 973 g/mol. The van der Waals surface area contributed by atoms with Crippen molar-refractivity contribution in [3.63, 3.8) is 0 Å². The number of carboxylic acids is 1. The molecule has 1 spiro atoms. The molecule has 19 heteroatoms. The van der Waals surface area contributed by atoms with E-state index in [0.717, 1.165) is 29.5 Å². The summed E-state index contributed by atoms with van der Waals surface area (Å²) in [5.41, 5.74) is 1.11. The molecule has 5 N–H and O–H groups in total. The Labute approximate surface area is 409 Å². The molecular formula is C52H59N7O12. The van der Waals surface area contributed by atoms with Crippen LogP contribution >= 0.6 is 0 Å². The van der Waals surface area contributed by atoms with Crippen molar-refractivity contribution >= 4 is 35.3 Å². The number of aliphatic carboxylic acids is 1. The Kier molecular flexibility index (Phi) is 12.8. The van der Waals surface area contributed by atoms with Gasteiger partial charge in [-0.05, 0) is 80.1 Å². The number of fused-ring (bicyclic) bond motifs is 7. The minimum atomic E-state index is -1.45. The van der Waals surface area contributed by atoms with Gasteiger partial charge in [0.25, 0.3) is 0 Å². The summed E-state index contributed by atoms with van der Waals surface area (Å²) in [6.45, 7) is 4.22. The van der Waals surface area contributed by atoms with Crippen LogP contribution in [0.2, 0.25) is 0 Å². The number of aromatic nitrogens is 4. The Balaban J connectivity index is 0.716. The zero-order valence-corrected chi connectivity index (χ0v) is 39.7. The predicted molar refractivity (Wildman–Crippen MR) is 249 cm³/mol. The van der Waals surface area contributed by atoms with E-state index in [1.807, 2.05) is 37.3 Å². The summed E-state index contributed by atoms with van der Waals surface area (Å²) < 4.78 is 19.7. The molecule has 0 bridgehead atoms. The van der Waals surface area contributed by atoms with E-state index >= 15 is 0 Å². The Bertz CT molecular complexity index is 2660. The van der Waals surface area contributed by atoms with E-state index in [-0.39, 0.29) is 54.3 Å². The lowest BCUT2D eigenvalue weighted by Gasteiger charge is -2.59. The van der Waals surface area contributed by atoms with Crippen LogP contribution in [0, 0.1) is 34.0 Å². The van der Waals surface area contributed by atoms with E-state index in [2.05, 4.69) is 38.0 Å². The average Bonchev–Trinajstić information content (AvgIpc) is 4.02. The van der Waals surface area contributed by atoms with Crippen LogP contribution in [0.25, 0.3) is 11.4 Å². The van der Waals surface area contributed by atoms with Gasteiger partial charge in [-0.1, -0.05) is 74.0 Å². The average molecular weight is 974 g/mol. The summed E-state index contributed by atoms with van der Waals surface area (Å²) in [6.07, 6.45) is 7.29. The molecule has 3 aliphatic heterocycles. The lowest BCUT2D eigenvalue weighted by atomic mass is 9.46. The zero-order valence-electron chi connectivity index (χ0n) is 39.7. The first-order valence-electron chi connectivity index (χ1n) is 24.5. The predicted octanol–water partition coefficient (Wildman–Crippen LogP) is 2.40. The number of hydrogen-bond donors (Lipinski definition) is 5. The first-order valence-corrected chi connectivity index (χ1v) is 24.5. The van der Waals surface area contributed by atoms with E-state index in [0.29, 0.717) is 62.3 Å². The van der Waals surface area contributed by atoms with Gasteiger partial charge in [0.15, 0.2) is 29.8 Å². The van der Waals surface area contributed by atoms with Crippen LogP contribution in [-0.2, 0) is 55.8 Å². The van der Waals surface area contributed by atoms with Crippen molar-refractivity contribution in [2.45, 2.75) is 108 Å². The fraction of sp³-hybridized carbons (Fsp3) is 0.538. The minimum Gasteiger partial charge on any atom is -0.481 e. The number of aliphatic hydroxyl groups is 2. The number of aliphatic hydroxyl groups excluding tert-OH is 2. The molecule has 0 radical (unpaired) electrons. The fourth-order valence-electron chi connectivity index (χ4n) is 13.6. The van der Waals surface area contributed by atoms with Gasteiger partial charge in [-0.2, -0.15) is 0 Å². The summed E-state index contributed by atoms with van der Waals surface area (Å²) in [6, 6.07) is 13.6. The van der Waals surface area contributed by atoms with Crippen molar-refractivity contribution in [3.8, 4) is 11.4 Å². The summed E-state index contributed by atoms with van der Waals surface area (Å²) >= 11 is 0. The van der Waals surface area contributed by atoms with Crippen molar-refractivity contribution in [1.82, 2.24) is 35.9 Å². The lowest BCUT2D eigenvalue weighted by Crippen LogP contribution is -2.63. The molecule has 4 heterocycles. The normalized spacial score (nSPS) is 32.4. The summed E-state index contributed by atoms with van der Waals surface area (Å²) in [7, 11) is 0. The molecule has 3 aromatic rings. The maximum Gasteiger partial charge on any atom is 0.303 e. The number of carbonyl (C=O) groups is 6. The van der Waals surface area contributed by atoms with Crippen LogP contribution in [0.5, 0.6) is 0 Å². The second-order valence-electron chi connectivity index (χ2n) is 21.2. The third-order valence-electron chi connectivity index (χ3n) is 16.9. The quantitative estimate of drug-likeness (QED) is 0.146. The van der Waals surface area contributed by atoms with Crippen LogP contribution in [0.3, 0.4) is 0 Å². The number of ether oxygens (including phenoxy) is 3. The summed E-state index contributed by atoms with van der Waals surface area (Å²) in [5.74, 6) is -2.77. The lowest BCUT2D eigenvalue weighted by molar-refractivity contribution is -0.201. The fourth-order valence-corrected chi connectivity index (χ4v) is 13.6. The molecule has 3 amide bonds. The van der Waals surface area contributed by atoms with Crippen molar-refractivity contribution < 1.29 is 58.3 Å². The molecule has 4 aliphatic carbocycles. The zero-order chi connectivity index (χ0) is 49.9. The highest BCUT2D eigenvalue weighted by atomic mass is 16.7. The molecule has 3 saturated heterocycles. The van der Waals surface area contributed by atoms with Crippen LogP contribution in [0.4, 0.5) is 0 Å². The van der Waals surface area contributed by atoms with Crippen molar-refractivity contribution in [2.24, 2.45) is 34.0 Å². The molecule has 3 saturated carbocycles. The minimum absolute atomic E-state index is 0.00938. The highest BCUT2D eigenvalue weighted by molar-refractivity contribution is 6.01. The summed E-state index contributed by atoms with van der Waals surface area (Å²) in [4.78, 5) is 78.8. The number of nitrogens with zero attached hydrogens (tertiary/aromatic N) is 5. The Morgan fingerprint density at radius 2 is 1.69 bits per heavy atom. The van der Waals surface area contributed by atoms with E-state index < -0.39 is 83.6 Å². The second kappa shape index (κ2) is 18.8. The maximum atomic E-state index is 14.0. The molecule has 2 aromatic carbocycles. The van der Waals surface area contributed by atoms with Crippen molar-refractivity contribution in [1.29, 1.82) is 0 Å². The second-order valence-corrected chi connectivity index (χ2v) is 21.2. The van der Waals surface area contributed by atoms with Gasteiger partial charge in [0.1, 0.15) is 12.6 Å². The number of carbonyl (C=O) groups excluding carboxylic acids is 5. The van der Waals surface area contributed by atoms with Crippen LogP contribution in [-0.4, -0.2) is 139 Å². The highest BCUT2D eigenvalue weighted by Gasteiger charge is 2.76. The van der Waals surface area contributed by atoms with Gasteiger partial charge in [0, 0.05) is 52.8 Å². The van der Waals surface area contributed by atoms with Crippen molar-refractivity contribution in [2.75, 3.05) is 32.8 Å². The molecule has 7 aliphatic rings.